The third kappa shape index (κ3) is 2.22. The molecule has 0 spiro atoms. The molecular weight excluding hydrogens is 246 g/mol. The Bertz CT molecular complexity index is 321. The lowest BCUT2D eigenvalue weighted by molar-refractivity contribution is 0.171. The minimum absolute atomic E-state index is 0.136. The first-order valence-electron chi connectivity index (χ1n) is 4.68. The number of anilines is 1. The Kier molecular flexibility index (Phi) is 2.98. The molecule has 1 aliphatic rings. The smallest absolute Gasteiger partial charge is 0.130 e. The first-order valence-corrected chi connectivity index (χ1v) is 5.47. The first kappa shape index (κ1) is 9.86. The minimum atomic E-state index is -0.247. The molecule has 76 valence electrons. The maximum absolute atomic E-state index is 9.60. The molecule has 1 aromatic heterocycles. The molecule has 5 heteroatoms. The summed E-state index contributed by atoms with van der Waals surface area (Å²) in [6, 6.07) is 1.95. The molecule has 0 amide bonds. The molecule has 2 atom stereocenters. The molecule has 1 heterocycles. The van der Waals surface area contributed by atoms with Crippen molar-refractivity contribution in [3.63, 3.8) is 0 Å². The fraction of sp³-hybridized carbons (Fsp3) is 0.556. The number of nitrogens with zero attached hydrogens (tertiary/aromatic N) is 2. The van der Waals surface area contributed by atoms with Gasteiger partial charge in [0.1, 0.15) is 16.7 Å². The molecule has 4 nitrogen and oxygen atoms in total. The van der Waals surface area contributed by atoms with Crippen molar-refractivity contribution in [2.24, 2.45) is 0 Å². The quantitative estimate of drug-likeness (QED) is 0.790. The van der Waals surface area contributed by atoms with E-state index in [4.69, 9.17) is 0 Å². The van der Waals surface area contributed by atoms with Gasteiger partial charge in [-0.3, -0.25) is 0 Å². The van der Waals surface area contributed by atoms with Crippen molar-refractivity contribution in [1.29, 1.82) is 0 Å². The van der Waals surface area contributed by atoms with Gasteiger partial charge in [-0.15, -0.1) is 0 Å². The molecule has 2 N–H and O–H groups in total. The van der Waals surface area contributed by atoms with Crippen LogP contribution in [0.2, 0.25) is 0 Å². The molecule has 14 heavy (non-hydrogen) atoms. The van der Waals surface area contributed by atoms with Crippen LogP contribution in [0.1, 0.15) is 19.3 Å². The van der Waals surface area contributed by atoms with Crippen molar-refractivity contribution < 1.29 is 5.11 Å². The molecular formula is C9H12BrN3O. The van der Waals surface area contributed by atoms with Crippen LogP contribution in [0.15, 0.2) is 17.0 Å². The van der Waals surface area contributed by atoms with E-state index >= 15 is 0 Å². The summed E-state index contributed by atoms with van der Waals surface area (Å²) in [6.07, 6.45) is 4.20. The number of aliphatic hydroxyl groups excluding tert-OH is 1. The molecule has 0 aromatic carbocycles. The number of rotatable bonds is 2. The molecule has 1 saturated carbocycles. The molecule has 2 unspecified atom stereocenters. The summed E-state index contributed by atoms with van der Waals surface area (Å²) < 4.78 is 0.752. The van der Waals surface area contributed by atoms with Gasteiger partial charge in [0.2, 0.25) is 0 Å². The molecule has 1 aliphatic carbocycles. The molecule has 0 radical (unpaired) electrons. The summed E-state index contributed by atoms with van der Waals surface area (Å²) in [5, 5.41) is 12.8. The summed E-state index contributed by atoms with van der Waals surface area (Å²) in [5.74, 6) is 0.762. The van der Waals surface area contributed by atoms with Crippen LogP contribution in [0.4, 0.5) is 5.82 Å². The van der Waals surface area contributed by atoms with Gasteiger partial charge in [0.15, 0.2) is 0 Å². The largest absolute Gasteiger partial charge is 0.391 e. The Morgan fingerprint density at radius 1 is 1.43 bits per heavy atom. The van der Waals surface area contributed by atoms with E-state index in [-0.39, 0.29) is 12.1 Å². The summed E-state index contributed by atoms with van der Waals surface area (Å²) >= 11 is 3.27. The van der Waals surface area contributed by atoms with Crippen molar-refractivity contribution in [1.82, 2.24) is 9.97 Å². The number of nitrogens with one attached hydrogen (secondary N) is 1. The Balaban J connectivity index is 2.03. The van der Waals surface area contributed by atoms with Crippen molar-refractivity contribution in [2.75, 3.05) is 5.32 Å². The molecule has 0 saturated heterocycles. The highest BCUT2D eigenvalue weighted by molar-refractivity contribution is 9.10. The predicted octanol–water partition coefficient (Wildman–Crippen LogP) is 1.56. The van der Waals surface area contributed by atoms with Crippen LogP contribution >= 0.6 is 15.9 Å². The van der Waals surface area contributed by atoms with Gasteiger partial charge in [-0.05, 0) is 35.2 Å². The highest BCUT2D eigenvalue weighted by atomic mass is 79.9. The minimum Gasteiger partial charge on any atom is -0.391 e. The third-order valence-electron chi connectivity index (χ3n) is 2.45. The van der Waals surface area contributed by atoms with E-state index in [0.717, 1.165) is 29.7 Å². The van der Waals surface area contributed by atoms with Gasteiger partial charge in [-0.25, -0.2) is 9.97 Å². The van der Waals surface area contributed by atoms with Crippen LogP contribution in [0.25, 0.3) is 0 Å². The average Bonchev–Trinajstić information content (AvgIpc) is 2.52. The number of aromatic nitrogens is 2. The normalized spacial score (nSPS) is 26.4. The SMILES string of the molecule is OC1CCCC1Nc1cc(Br)ncn1. The number of aliphatic hydroxyl groups is 1. The second-order valence-corrected chi connectivity index (χ2v) is 4.29. The Morgan fingerprint density at radius 3 is 2.93 bits per heavy atom. The van der Waals surface area contributed by atoms with Crippen LogP contribution in [-0.2, 0) is 0 Å². The Labute approximate surface area is 90.9 Å². The van der Waals surface area contributed by atoms with E-state index in [1.165, 1.54) is 6.33 Å². The summed E-state index contributed by atoms with van der Waals surface area (Å²) in [7, 11) is 0. The van der Waals surface area contributed by atoms with Crippen molar-refractivity contribution in [3.05, 3.63) is 17.0 Å². The lowest BCUT2D eigenvalue weighted by atomic mass is 10.2. The Hall–Kier alpha value is -0.680. The zero-order chi connectivity index (χ0) is 9.97. The highest BCUT2D eigenvalue weighted by Crippen LogP contribution is 2.22. The Morgan fingerprint density at radius 2 is 2.29 bits per heavy atom. The van der Waals surface area contributed by atoms with Gasteiger partial charge in [-0.1, -0.05) is 0 Å². The van der Waals surface area contributed by atoms with Crippen molar-refractivity contribution in [3.8, 4) is 0 Å². The van der Waals surface area contributed by atoms with Crippen molar-refractivity contribution in [2.45, 2.75) is 31.4 Å². The number of hydrogen-bond acceptors (Lipinski definition) is 4. The molecule has 0 aliphatic heterocycles. The fourth-order valence-corrected chi connectivity index (χ4v) is 2.02. The molecule has 1 fully saturated rings. The van der Waals surface area contributed by atoms with Crippen molar-refractivity contribution >= 4 is 21.7 Å². The zero-order valence-electron chi connectivity index (χ0n) is 7.65. The lowest BCUT2D eigenvalue weighted by Crippen LogP contribution is -2.28. The van der Waals surface area contributed by atoms with Gasteiger partial charge in [-0.2, -0.15) is 0 Å². The van der Waals surface area contributed by atoms with E-state index in [9.17, 15) is 5.11 Å². The number of hydrogen-bond donors (Lipinski definition) is 2. The summed E-state index contributed by atoms with van der Waals surface area (Å²) in [5.41, 5.74) is 0. The monoisotopic (exact) mass is 257 g/mol. The molecule has 1 aromatic rings. The first-order chi connectivity index (χ1) is 6.75. The van der Waals surface area contributed by atoms with Gasteiger partial charge < -0.3 is 10.4 Å². The van der Waals surface area contributed by atoms with Gasteiger partial charge in [0, 0.05) is 6.07 Å². The predicted molar refractivity (Wildman–Crippen MR) is 57.0 cm³/mol. The standard InChI is InChI=1S/C9H12BrN3O/c10-8-4-9(12-5-11-8)13-6-2-1-3-7(6)14/h4-7,14H,1-3H2,(H,11,12,13). The summed E-state index contributed by atoms with van der Waals surface area (Å²) in [6.45, 7) is 0. The maximum Gasteiger partial charge on any atom is 0.130 e. The van der Waals surface area contributed by atoms with E-state index in [0.29, 0.717) is 0 Å². The molecule has 0 bridgehead atoms. The van der Waals surface area contributed by atoms with E-state index in [2.05, 4.69) is 31.2 Å². The van der Waals surface area contributed by atoms with E-state index < -0.39 is 0 Å². The zero-order valence-corrected chi connectivity index (χ0v) is 9.24. The van der Waals surface area contributed by atoms with Gasteiger partial charge in [0.25, 0.3) is 0 Å². The van der Waals surface area contributed by atoms with E-state index in [1.54, 1.807) is 0 Å². The van der Waals surface area contributed by atoms with Crippen LogP contribution < -0.4 is 5.32 Å². The highest BCUT2D eigenvalue weighted by Gasteiger charge is 2.25. The molecule has 2 rings (SSSR count). The second-order valence-electron chi connectivity index (χ2n) is 3.48. The van der Waals surface area contributed by atoms with Crippen LogP contribution in [0, 0.1) is 0 Å². The fourth-order valence-electron chi connectivity index (χ4n) is 1.71. The average molecular weight is 258 g/mol. The van der Waals surface area contributed by atoms with E-state index in [1.807, 2.05) is 6.07 Å². The topological polar surface area (TPSA) is 58.0 Å². The van der Waals surface area contributed by atoms with Crippen LogP contribution in [0.3, 0.4) is 0 Å². The third-order valence-corrected chi connectivity index (χ3v) is 2.88. The number of halogens is 1. The second kappa shape index (κ2) is 4.23. The lowest BCUT2D eigenvalue weighted by Gasteiger charge is -2.16. The van der Waals surface area contributed by atoms with Crippen LogP contribution in [-0.4, -0.2) is 27.2 Å². The maximum atomic E-state index is 9.60. The van der Waals surface area contributed by atoms with Gasteiger partial charge in [0.05, 0.1) is 12.1 Å². The van der Waals surface area contributed by atoms with Crippen LogP contribution in [0.5, 0.6) is 0 Å². The van der Waals surface area contributed by atoms with Gasteiger partial charge >= 0.3 is 0 Å². The summed E-state index contributed by atoms with van der Waals surface area (Å²) in [4.78, 5) is 8.01.